The number of methoxy groups -OCH3 is 1. The molecule has 1 aliphatic rings. The van der Waals surface area contributed by atoms with Crippen molar-refractivity contribution in [2.24, 2.45) is 0 Å². The molecular formula is C31H35Cl2N3O3. The second-order valence-electron chi connectivity index (χ2n) is 9.66. The molecule has 39 heavy (non-hydrogen) atoms. The molecule has 3 aromatic carbocycles. The van der Waals surface area contributed by atoms with Crippen molar-refractivity contribution < 1.29 is 14.3 Å². The molecular weight excluding hydrogens is 533 g/mol. The summed E-state index contributed by atoms with van der Waals surface area (Å²) in [5, 5.41) is 3.88. The number of anilines is 2. The number of amides is 2. The van der Waals surface area contributed by atoms with Crippen molar-refractivity contribution >= 4 is 46.4 Å². The highest BCUT2D eigenvalue weighted by molar-refractivity contribution is 6.34. The second kappa shape index (κ2) is 13.3. The number of benzene rings is 3. The third-order valence-corrected chi connectivity index (χ3v) is 7.96. The summed E-state index contributed by atoms with van der Waals surface area (Å²) in [5.74, 6) is 0.218. The SMILES string of the molecule is CCN(CC)CCC1CCCN(C(=O)c2ccc(NC(=O)c3ccccc3Cl)cc2OC)c2ccc(Cl)cc21. The minimum atomic E-state index is -0.337. The predicted octanol–water partition coefficient (Wildman–Crippen LogP) is 7.51. The highest BCUT2D eigenvalue weighted by atomic mass is 35.5. The lowest BCUT2D eigenvalue weighted by molar-refractivity contribution is 0.0983. The molecule has 1 aliphatic heterocycles. The quantitative estimate of drug-likeness (QED) is 0.290. The van der Waals surface area contributed by atoms with Crippen LogP contribution in [0.25, 0.3) is 0 Å². The molecule has 8 heteroatoms. The van der Waals surface area contributed by atoms with E-state index in [0.29, 0.717) is 45.1 Å². The zero-order valence-corrected chi connectivity index (χ0v) is 24.2. The van der Waals surface area contributed by atoms with Gasteiger partial charge < -0.3 is 19.9 Å². The maximum Gasteiger partial charge on any atom is 0.262 e. The lowest BCUT2D eigenvalue weighted by Gasteiger charge is -2.26. The molecule has 1 unspecified atom stereocenters. The van der Waals surface area contributed by atoms with Crippen LogP contribution in [0.4, 0.5) is 11.4 Å². The van der Waals surface area contributed by atoms with Crippen molar-refractivity contribution in [3.05, 3.63) is 87.4 Å². The van der Waals surface area contributed by atoms with Gasteiger partial charge in [-0.15, -0.1) is 0 Å². The monoisotopic (exact) mass is 567 g/mol. The van der Waals surface area contributed by atoms with Gasteiger partial charge in [0.25, 0.3) is 11.8 Å². The molecule has 0 radical (unpaired) electrons. The van der Waals surface area contributed by atoms with Gasteiger partial charge in [-0.05, 0) is 92.8 Å². The van der Waals surface area contributed by atoms with Crippen LogP contribution in [-0.4, -0.2) is 50.0 Å². The smallest absolute Gasteiger partial charge is 0.262 e. The lowest BCUT2D eigenvalue weighted by atomic mass is 9.90. The van der Waals surface area contributed by atoms with Crippen LogP contribution in [0.1, 0.15) is 65.3 Å². The first-order valence-corrected chi connectivity index (χ1v) is 14.2. The van der Waals surface area contributed by atoms with Gasteiger partial charge in [0.2, 0.25) is 0 Å². The number of hydrogen-bond donors (Lipinski definition) is 1. The van der Waals surface area contributed by atoms with Crippen molar-refractivity contribution in [2.75, 3.05) is 43.5 Å². The molecule has 4 rings (SSSR count). The number of ether oxygens (including phenoxy) is 1. The van der Waals surface area contributed by atoms with E-state index in [2.05, 4.69) is 24.1 Å². The van der Waals surface area contributed by atoms with E-state index >= 15 is 0 Å². The van der Waals surface area contributed by atoms with Crippen molar-refractivity contribution in [3.8, 4) is 5.75 Å². The van der Waals surface area contributed by atoms with Crippen molar-refractivity contribution in [1.29, 1.82) is 0 Å². The Hall–Kier alpha value is -3.06. The summed E-state index contributed by atoms with van der Waals surface area (Å²) in [5.41, 5.74) is 3.31. The Kier molecular flexibility index (Phi) is 9.89. The van der Waals surface area contributed by atoms with Gasteiger partial charge in [0, 0.05) is 29.0 Å². The van der Waals surface area contributed by atoms with E-state index in [1.54, 1.807) is 42.5 Å². The minimum absolute atomic E-state index is 0.149. The van der Waals surface area contributed by atoms with Gasteiger partial charge in [-0.3, -0.25) is 9.59 Å². The van der Waals surface area contributed by atoms with Crippen molar-refractivity contribution in [1.82, 2.24) is 4.90 Å². The number of carbonyl (C=O) groups excluding carboxylic acids is 2. The van der Waals surface area contributed by atoms with Gasteiger partial charge in [-0.2, -0.15) is 0 Å². The van der Waals surface area contributed by atoms with Crippen LogP contribution in [0, 0.1) is 0 Å². The molecule has 0 saturated heterocycles. The number of halogens is 2. The van der Waals surface area contributed by atoms with Crippen LogP contribution in [0.15, 0.2) is 60.7 Å². The normalized spacial score (nSPS) is 15.0. The minimum Gasteiger partial charge on any atom is -0.496 e. The third-order valence-electron chi connectivity index (χ3n) is 7.40. The van der Waals surface area contributed by atoms with E-state index in [1.807, 2.05) is 23.1 Å². The van der Waals surface area contributed by atoms with Crippen LogP contribution in [0.5, 0.6) is 5.75 Å². The molecule has 1 N–H and O–H groups in total. The molecule has 0 bridgehead atoms. The van der Waals surface area contributed by atoms with Crippen LogP contribution < -0.4 is 15.0 Å². The number of rotatable bonds is 9. The Labute approximate surface area is 240 Å². The van der Waals surface area contributed by atoms with Crippen LogP contribution in [-0.2, 0) is 0 Å². The molecule has 1 atom stereocenters. The van der Waals surface area contributed by atoms with E-state index in [4.69, 9.17) is 27.9 Å². The average molecular weight is 569 g/mol. The van der Waals surface area contributed by atoms with Gasteiger partial charge >= 0.3 is 0 Å². The molecule has 0 aromatic heterocycles. The number of carbonyl (C=O) groups is 2. The van der Waals surface area contributed by atoms with Crippen LogP contribution >= 0.6 is 23.2 Å². The van der Waals surface area contributed by atoms with E-state index in [0.717, 1.165) is 50.1 Å². The fraction of sp³-hybridized carbons (Fsp3) is 0.355. The fourth-order valence-corrected chi connectivity index (χ4v) is 5.60. The van der Waals surface area contributed by atoms with E-state index in [1.165, 1.54) is 7.11 Å². The van der Waals surface area contributed by atoms with Gasteiger partial charge in [0.1, 0.15) is 5.75 Å². The molecule has 206 valence electrons. The van der Waals surface area contributed by atoms with Crippen molar-refractivity contribution in [2.45, 2.75) is 39.0 Å². The number of fused-ring (bicyclic) bond motifs is 1. The fourth-order valence-electron chi connectivity index (χ4n) is 5.19. The Bertz CT molecular complexity index is 1330. The maximum atomic E-state index is 13.9. The third kappa shape index (κ3) is 6.75. The Morgan fingerprint density at radius 1 is 1.03 bits per heavy atom. The zero-order valence-electron chi connectivity index (χ0n) is 22.7. The van der Waals surface area contributed by atoms with Crippen LogP contribution in [0.2, 0.25) is 10.0 Å². The van der Waals surface area contributed by atoms with Gasteiger partial charge in [-0.1, -0.05) is 49.2 Å². The number of nitrogens with one attached hydrogen (secondary N) is 1. The predicted molar refractivity (Wildman–Crippen MR) is 160 cm³/mol. The maximum absolute atomic E-state index is 13.9. The first-order valence-electron chi connectivity index (χ1n) is 13.4. The molecule has 6 nitrogen and oxygen atoms in total. The Morgan fingerprint density at radius 3 is 2.51 bits per heavy atom. The highest BCUT2D eigenvalue weighted by Gasteiger charge is 2.29. The number of hydrogen-bond acceptors (Lipinski definition) is 4. The molecule has 0 saturated carbocycles. The summed E-state index contributed by atoms with van der Waals surface area (Å²) >= 11 is 12.6. The second-order valence-corrected chi connectivity index (χ2v) is 10.5. The number of nitrogens with zero attached hydrogens (tertiary/aromatic N) is 2. The molecule has 0 fully saturated rings. The molecule has 3 aromatic rings. The Balaban J connectivity index is 1.60. The molecule has 0 spiro atoms. The first kappa shape index (κ1) is 28.9. The largest absolute Gasteiger partial charge is 0.496 e. The molecule has 2 amide bonds. The standard InChI is InChI=1S/C31H35Cl2N3O3/c1-4-35(5-2)18-16-21-9-8-17-36(28-15-12-22(32)19-26(21)28)31(38)25-14-13-23(20-29(25)39-3)34-30(37)24-10-6-7-11-27(24)33/h6-7,10-15,19-21H,4-5,8-9,16-18H2,1-3H3,(H,34,37). The van der Waals surface area contributed by atoms with Gasteiger partial charge in [0.15, 0.2) is 0 Å². The molecule has 1 heterocycles. The van der Waals surface area contributed by atoms with E-state index < -0.39 is 0 Å². The highest BCUT2D eigenvalue weighted by Crippen LogP contribution is 2.39. The lowest BCUT2D eigenvalue weighted by Crippen LogP contribution is -2.32. The Morgan fingerprint density at radius 2 is 1.79 bits per heavy atom. The van der Waals surface area contributed by atoms with E-state index in [-0.39, 0.29) is 11.8 Å². The summed E-state index contributed by atoms with van der Waals surface area (Å²) in [4.78, 5) is 30.9. The van der Waals surface area contributed by atoms with Gasteiger partial charge in [-0.25, -0.2) is 0 Å². The summed E-state index contributed by atoms with van der Waals surface area (Å²) in [6.07, 6.45) is 2.89. The molecule has 0 aliphatic carbocycles. The van der Waals surface area contributed by atoms with Crippen molar-refractivity contribution in [3.63, 3.8) is 0 Å². The summed E-state index contributed by atoms with van der Waals surface area (Å²) in [6.45, 7) is 8.01. The van der Waals surface area contributed by atoms with Crippen LogP contribution in [0.3, 0.4) is 0 Å². The topological polar surface area (TPSA) is 61.9 Å². The zero-order chi connectivity index (χ0) is 27.9. The summed E-state index contributed by atoms with van der Waals surface area (Å²) in [7, 11) is 1.52. The summed E-state index contributed by atoms with van der Waals surface area (Å²) in [6, 6.07) is 17.7. The van der Waals surface area contributed by atoms with Gasteiger partial charge in [0.05, 0.1) is 23.3 Å². The van der Waals surface area contributed by atoms with E-state index in [9.17, 15) is 9.59 Å². The average Bonchev–Trinajstić information content (AvgIpc) is 3.12. The first-order chi connectivity index (χ1) is 18.9. The summed E-state index contributed by atoms with van der Waals surface area (Å²) < 4.78 is 5.61.